The summed E-state index contributed by atoms with van der Waals surface area (Å²) in [6.45, 7) is 1.61. The van der Waals surface area contributed by atoms with Gasteiger partial charge in [-0.15, -0.1) is 0 Å². The maximum absolute atomic E-state index is 12.6. The van der Waals surface area contributed by atoms with Gasteiger partial charge in [0.25, 0.3) is 15.9 Å². The monoisotopic (exact) mass is 439 g/mol. The van der Waals surface area contributed by atoms with Gasteiger partial charge in [-0.1, -0.05) is 35.3 Å². The van der Waals surface area contributed by atoms with E-state index in [1.807, 2.05) is 4.72 Å². The maximum atomic E-state index is 12.6. The third-order valence-electron chi connectivity index (χ3n) is 3.85. The first kappa shape index (κ1) is 20.2. The number of aromatic nitrogens is 2. The number of aromatic amines is 1. The number of hydrogen-bond donors (Lipinski definition) is 2. The Labute approximate surface area is 171 Å². The highest BCUT2D eigenvalue weighted by molar-refractivity contribution is 7.90. The molecule has 0 saturated carbocycles. The van der Waals surface area contributed by atoms with Gasteiger partial charge in [-0.3, -0.25) is 4.79 Å². The number of nitrogens with zero attached hydrogens (tertiary/aromatic N) is 1. The van der Waals surface area contributed by atoms with Crippen molar-refractivity contribution in [2.75, 3.05) is 7.11 Å². The number of halogens is 2. The molecule has 2 N–H and O–H groups in total. The Bertz CT molecular complexity index is 1160. The molecule has 0 saturated heterocycles. The number of imidazole rings is 1. The third-order valence-corrected chi connectivity index (χ3v) is 5.90. The summed E-state index contributed by atoms with van der Waals surface area (Å²) in [6.07, 6.45) is 0. The fourth-order valence-corrected chi connectivity index (χ4v) is 4.16. The van der Waals surface area contributed by atoms with Crippen molar-refractivity contribution in [3.8, 4) is 17.1 Å². The number of sulfonamides is 1. The van der Waals surface area contributed by atoms with Crippen molar-refractivity contribution < 1.29 is 17.9 Å². The number of ether oxygens (including phenoxy) is 1. The first-order valence-electron chi connectivity index (χ1n) is 7.94. The zero-order valence-corrected chi connectivity index (χ0v) is 17.1. The number of nitrogens with one attached hydrogen (secondary N) is 2. The predicted octanol–water partition coefficient (Wildman–Crippen LogP) is 3.82. The van der Waals surface area contributed by atoms with E-state index in [1.165, 1.54) is 25.3 Å². The Morgan fingerprint density at radius 1 is 1.18 bits per heavy atom. The van der Waals surface area contributed by atoms with Gasteiger partial charge in [0, 0.05) is 22.3 Å². The largest absolute Gasteiger partial charge is 0.497 e. The van der Waals surface area contributed by atoms with Crippen LogP contribution < -0.4 is 9.46 Å². The summed E-state index contributed by atoms with van der Waals surface area (Å²) in [6, 6.07) is 11.0. The Morgan fingerprint density at radius 3 is 2.61 bits per heavy atom. The number of hydrogen-bond acceptors (Lipinski definition) is 5. The quantitative estimate of drug-likeness (QED) is 0.628. The molecule has 0 aliphatic carbocycles. The smallest absolute Gasteiger partial charge is 0.285 e. The molecular formula is C18H15Cl2N3O4S. The summed E-state index contributed by atoms with van der Waals surface area (Å²) >= 11 is 12.0. The Hall–Kier alpha value is -2.55. The minimum absolute atomic E-state index is 0.0422. The van der Waals surface area contributed by atoms with E-state index in [0.717, 1.165) is 0 Å². The topological polar surface area (TPSA) is 101 Å². The van der Waals surface area contributed by atoms with Crippen LogP contribution >= 0.6 is 23.2 Å². The summed E-state index contributed by atoms with van der Waals surface area (Å²) in [5.41, 5.74) is 1.00. The molecule has 2 aromatic carbocycles. The molecule has 3 aromatic rings. The Kier molecular flexibility index (Phi) is 5.64. The highest BCUT2D eigenvalue weighted by Gasteiger charge is 2.25. The molecule has 10 heteroatoms. The van der Waals surface area contributed by atoms with Crippen LogP contribution in [0, 0.1) is 6.92 Å². The van der Waals surface area contributed by atoms with Crippen molar-refractivity contribution in [3.05, 3.63) is 63.9 Å². The van der Waals surface area contributed by atoms with Gasteiger partial charge in [-0.25, -0.2) is 18.1 Å². The van der Waals surface area contributed by atoms with E-state index < -0.39 is 15.9 Å². The fourth-order valence-electron chi connectivity index (χ4n) is 2.50. The molecule has 0 bridgehead atoms. The second-order valence-corrected chi connectivity index (χ2v) is 8.29. The second kappa shape index (κ2) is 7.83. The van der Waals surface area contributed by atoms with Crippen LogP contribution in [0.1, 0.15) is 16.2 Å². The van der Waals surface area contributed by atoms with E-state index in [1.54, 1.807) is 31.2 Å². The van der Waals surface area contributed by atoms with Gasteiger partial charge in [-0.2, -0.15) is 0 Å². The summed E-state index contributed by atoms with van der Waals surface area (Å²) in [4.78, 5) is 19.4. The number of amides is 1. The van der Waals surface area contributed by atoms with Crippen molar-refractivity contribution in [3.63, 3.8) is 0 Å². The van der Waals surface area contributed by atoms with E-state index in [4.69, 9.17) is 27.9 Å². The lowest BCUT2D eigenvalue weighted by atomic mass is 10.2. The molecule has 0 radical (unpaired) electrons. The minimum atomic E-state index is -4.24. The number of methoxy groups -OCH3 is 1. The van der Waals surface area contributed by atoms with Gasteiger partial charge in [0.2, 0.25) is 0 Å². The van der Waals surface area contributed by atoms with E-state index in [9.17, 15) is 13.2 Å². The fraction of sp³-hybridized carbons (Fsp3) is 0.111. The molecular weight excluding hydrogens is 425 g/mol. The lowest BCUT2D eigenvalue weighted by Crippen LogP contribution is -2.31. The van der Waals surface area contributed by atoms with Crippen LogP contribution in [0.15, 0.2) is 47.4 Å². The first-order valence-corrected chi connectivity index (χ1v) is 10.2. The van der Waals surface area contributed by atoms with Crippen LogP contribution in [-0.4, -0.2) is 31.4 Å². The van der Waals surface area contributed by atoms with Crippen LogP contribution in [0.3, 0.4) is 0 Å². The zero-order chi connectivity index (χ0) is 20.5. The van der Waals surface area contributed by atoms with Gasteiger partial charge < -0.3 is 9.72 Å². The molecule has 28 heavy (non-hydrogen) atoms. The van der Waals surface area contributed by atoms with Gasteiger partial charge in [-0.05, 0) is 31.2 Å². The van der Waals surface area contributed by atoms with Crippen LogP contribution in [-0.2, 0) is 10.0 Å². The molecule has 0 aliphatic rings. The van der Waals surface area contributed by atoms with E-state index in [2.05, 4.69) is 9.97 Å². The van der Waals surface area contributed by atoms with Crippen molar-refractivity contribution in [1.29, 1.82) is 0 Å². The van der Waals surface area contributed by atoms with Gasteiger partial charge in [0.15, 0.2) is 5.69 Å². The lowest BCUT2D eigenvalue weighted by Gasteiger charge is -2.09. The molecule has 0 atom stereocenters. The molecule has 1 heterocycles. The minimum Gasteiger partial charge on any atom is -0.497 e. The second-order valence-electron chi connectivity index (χ2n) is 5.80. The van der Waals surface area contributed by atoms with Crippen LogP contribution in [0.5, 0.6) is 5.75 Å². The molecule has 0 fully saturated rings. The molecule has 1 amide bonds. The van der Waals surface area contributed by atoms with Gasteiger partial charge >= 0.3 is 0 Å². The van der Waals surface area contributed by atoms with Crippen LogP contribution in [0.25, 0.3) is 11.4 Å². The molecule has 1 aromatic heterocycles. The van der Waals surface area contributed by atoms with Crippen molar-refractivity contribution in [2.45, 2.75) is 11.8 Å². The molecule has 3 rings (SSSR count). The number of H-pyrrole nitrogens is 1. The van der Waals surface area contributed by atoms with Gasteiger partial charge in [0.05, 0.1) is 12.1 Å². The van der Waals surface area contributed by atoms with Crippen LogP contribution in [0.4, 0.5) is 0 Å². The molecule has 7 nitrogen and oxygen atoms in total. The average Bonchev–Trinajstić information content (AvgIpc) is 3.03. The SMILES string of the molecule is COc1ccc(Cl)c(S(=O)(=O)NC(=O)c2nc(-c3cccc(Cl)c3)[nH]c2C)c1. The number of benzene rings is 2. The summed E-state index contributed by atoms with van der Waals surface area (Å²) in [7, 11) is -2.84. The van der Waals surface area contributed by atoms with Crippen molar-refractivity contribution in [2.24, 2.45) is 0 Å². The third kappa shape index (κ3) is 4.14. The standard InChI is InChI=1S/C18H15Cl2N3O4S/c1-10-16(22-17(21-10)11-4-3-5-12(19)8-11)18(24)23-28(25,26)15-9-13(27-2)6-7-14(15)20/h3-9H,1-2H3,(H,21,22)(H,23,24). The van der Waals surface area contributed by atoms with Gasteiger partial charge in [0.1, 0.15) is 16.5 Å². The summed E-state index contributed by atoms with van der Waals surface area (Å²) in [5, 5.41) is 0.465. The lowest BCUT2D eigenvalue weighted by molar-refractivity contribution is 0.0976. The highest BCUT2D eigenvalue weighted by Crippen LogP contribution is 2.26. The van der Waals surface area contributed by atoms with Crippen molar-refractivity contribution >= 4 is 39.1 Å². The number of aryl methyl sites for hydroxylation is 1. The molecule has 0 aliphatic heterocycles. The van der Waals surface area contributed by atoms with E-state index in [0.29, 0.717) is 22.1 Å². The Morgan fingerprint density at radius 2 is 1.93 bits per heavy atom. The first-order chi connectivity index (χ1) is 13.2. The average molecular weight is 440 g/mol. The molecule has 0 spiro atoms. The molecule has 146 valence electrons. The van der Waals surface area contributed by atoms with Crippen molar-refractivity contribution in [1.82, 2.24) is 14.7 Å². The highest BCUT2D eigenvalue weighted by atomic mass is 35.5. The zero-order valence-electron chi connectivity index (χ0n) is 14.8. The predicted molar refractivity (Wildman–Crippen MR) is 106 cm³/mol. The number of carbonyl (C=O) groups excluding carboxylic acids is 1. The number of rotatable bonds is 5. The molecule has 0 unspecified atom stereocenters. The number of carbonyl (C=O) groups is 1. The van der Waals surface area contributed by atoms with E-state index >= 15 is 0 Å². The van der Waals surface area contributed by atoms with Crippen LogP contribution in [0.2, 0.25) is 10.0 Å². The Balaban J connectivity index is 1.91. The summed E-state index contributed by atoms with van der Waals surface area (Å²) < 4.78 is 32.2. The van der Waals surface area contributed by atoms with E-state index in [-0.39, 0.29) is 21.4 Å². The summed E-state index contributed by atoms with van der Waals surface area (Å²) in [5.74, 6) is -0.209. The normalized spacial score (nSPS) is 11.3. The maximum Gasteiger partial charge on any atom is 0.285 e.